The number of hydrogen-bond acceptors (Lipinski definition) is 6. The van der Waals surface area contributed by atoms with E-state index in [9.17, 15) is 22.9 Å². The lowest BCUT2D eigenvalue weighted by Gasteiger charge is -2.48. The number of rotatable bonds is 2. The highest BCUT2D eigenvalue weighted by Crippen LogP contribution is 2.41. The summed E-state index contributed by atoms with van der Waals surface area (Å²) < 4.78 is 39.4. The van der Waals surface area contributed by atoms with Gasteiger partial charge in [0.05, 0.1) is 16.2 Å². The molecular formula is C16H21FN4O4S. The Morgan fingerprint density at radius 1 is 1.35 bits per heavy atom. The van der Waals surface area contributed by atoms with Crippen molar-refractivity contribution in [1.29, 1.82) is 5.41 Å². The SMILES string of the molecule is CN1CCC2(CC1)C(=N)NC(C)(c1cc([N+](=O)[O-])ccc1F)CS2(=O)=O. The van der Waals surface area contributed by atoms with Crippen molar-refractivity contribution in [2.24, 2.45) is 0 Å². The fraction of sp³-hybridized carbons (Fsp3) is 0.562. The number of halogens is 1. The van der Waals surface area contributed by atoms with E-state index in [1.165, 1.54) is 6.92 Å². The third kappa shape index (κ3) is 2.77. The fourth-order valence-corrected chi connectivity index (χ4v) is 6.27. The van der Waals surface area contributed by atoms with Crippen LogP contribution >= 0.6 is 0 Å². The molecule has 2 aliphatic rings. The van der Waals surface area contributed by atoms with Crippen molar-refractivity contribution in [2.45, 2.75) is 30.1 Å². The smallest absolute Gasteiger partial charge is 0.269 e. The lowest BCUT2D eigenvalue weighted by atomic mass is 9.88. The number of likely N-dealkylation sites (tertiary alicyclic amines) is 1. The van der Waals surface area contributed by atoms with Gasteiger partial charge in [-0.3, -0.25) is 15.5 Å². The maximum Gasteiger partial charge on any atom is 0.269 e. The Morgan fingerprint density at radius 3 is 2.50 bits per heavy atom. The molecule has 26 heavy (non-hydrogen) atoms. The van der Waals surface area contributed by atoms with Crippen molar-refractivity contribution in [3.63, 3.8) is 0 Å². The van der Waals surface area contributed by atoms with E-state index in [4.69, 9.17) is 5.41 Å². The molecule has 3 rings (SSSR count). The first-order valence-electron chi connectivity index (χ1n) is 8.23. The number of nitrogens with zero attached hydrogens (tertiary/aromatic N) is 2. The normalized spacial score (nSPS) is 27.9. The first-order valence-corrected chi connectivity index (χ1v) is 9.88. The highest BCUT2D eigenvalue weighted by Gasteiger charge is 2.57. The van der Waals surface area contributed by atoms with Crippen LogP contribution in [0.3, 0.4) is 0 Å². The van der Waals surface area contributed by atoms with E-state index in [2.05, 4.69) is 5.32 Å². The second-order valence-electron chi connectivity index (χ2n) is 7.31. The number of piperidine rings is 1. The van der Waals surface area contributed by atoms with E-state index in [0.717, 1.165) is 18.2 Å². The third-order valence-corrected chi connectivity index (χ3v) is 8.24. The van der Waals surface area contributed by atoms with E-state index in [0.29, 0.717) is 25.9 Å². The number of nitro groups is 1. The van der Waals surface area contributed by atoms with Gasteiger partial charge in [-0.05, 0) is 46.0 Å². The minimum absolute atomic E-state index is 0.122. The Bertz CT molecular complexity index is 880. The van der Waals surface area contributed by atoms with Gasteiger partial charge in [0.15, 0.2) is 9.84 Å². The molecule has 2 heterocycles. The number of sulfone groups is 1. The third-order valence-electron chi connectivity index (χ3n) is 5.48. The van der Waals surface area contributed by atoms with Crippen LogP contribution in [-0.2, 0) is 15.4 Å². The Balaban J connectivity index is 2.04. The molecule has 10 heteroatoms. The molecule has 1 unspecified atom stereocenters. The summed E-state index contributed by atoms with van der Waals surface area (Å²) in [6.07, 6.45) is 0.594. The molecule has 1 aromatic carbocycles. The van der Waals surface area contributed by atoms with Crippen LogP contribution in [0.2, 0.25) is 0 Å². The van der Waals surface area contributed by atoms with Crippen LogP contribution in [0, 0.1) is 21.3 Å². The van der Waals surface area contributed by atoms with Gasteiger partial charge in [0.25, 0.3) is 5.69 Å². The van der Waals surface area contributed by atoms with Gasteiger partial charge in [-0.25, -0.2) is 12.8 Å². The Labute approximate surface area is 151 Å². The van der Waals surface area contributed by atoms with Gasteiger partial charge in [0.2, 0.25) is 0 Å². The van der Waals surface area contributed by atoms with Crippen molar-refractivity contribution in [2.75, 3.05) is 25.9 Å². The number of amidine groups is 1. The van der Waals surface area contributed by atoms with Crippen LogP contribution in [0.15, 0.2) is 18.2 Å². The van der Waals surface area contributed by atoms with Crippen molar-refractivity contribution < 1.29 is 17.7 Å². The molecule has 2 N–H and O–H groups in total. The molecule has 1 atom stereocenters. The molecule has 0 aromatic heterocycles. The van der Waals surface area contributed by atoms with Gasteiger partial charge >= 0.3 is 0 Å². The zero-order chi connectivity index (χ0) is 19.3. The average Bonchev–Trinajstić information content (AvgIpc) is 2.53. The molecule has 1 spiro atoms. The van der Waals surface area contributed by atoms with Gasteiger partial charge in [-0.15, -0.1) is 0 Å². The van der Waals surface area contributed by atoms with E-state index in [1.807, 2.05) is 11.9 Å². The lowest BCUT2D eigenvalue weighted by Crippen LogP contribution is -2.68. The summed E-state index contributed by atoms with van der Waals surface area (Å²) in [5.74, 6) is -1.33. The fourth-order valence-electron chi connectivity index (χ4n) is 3.84. The quantitative estimate of drug-likeness (QED) is 0.588. The summed E-state index contributed by atoms with van der Waals surface area (Å²) in [7, 11) is -1.88. The van der Waals surface area contributed by atoms with Crippen molar-refractivity contribution in [3.05, 3.63) is 39.7 Å². The number of benzene rings is 1. The first kappa shape index (κ1) is 18.7. The van der Waals surface area contributed by atoms with Crippen molar-refractivity contribution in [3.8, 4) is 0 Å². The molecule has 2 aliphatic heterocycles. The number of nitro benzene ring substituents is 1. The van der Waals surface area contributed by atoms with Crippen LogP contribution in [-0.4, -0.2) is 54.7 Å². The molecule has 1 aromatic rings. The molecule has 2 saturated heterocycles. The zero-order valence-corrected chi connectivity index (χ0v) is 15.4. The molecular weight excluding hydrogens is 363 g/mol. The summed E-state index contributed by atoms with van der Waals surface area (Å²) in [6, 6.07) is 3.03. The molecule has 8 nitrogen and oxygen atoms in total. The predicted molar refractivity (Wildman–Crippen MR) is 94.5 cm³/mol. The Morgan fingerprint density at radius 2 is 1.96 bits per heavy atom. The second kappa shape index (κ2) is 5.98. The molecule has 0 saturated carbocycles. The van der Waals surface area contributed by atoms with E-state index in [-0.39, 0.29) is 17.1 Å². The average molecular weight is 384 g/mol. The van der Waals surface area contributed by atoms with Gasteiger partial charge in [0.1, 0.15) is 16.4 Å². The molecule has 142 valence electrons. The lowest BCUT2D eigenvalue weighted by molar-refractivity contribution is -0.385. The highest BCUT2D eigenvalue weighted by molar-refractivity contribution is 7.93. The minimum atomic E-state index is -3.77. The standard InChI is InChI=1S/C16H21FN4O4S/c1-15(12-9-11(21(22)23)3-4-13(12)17)10-26(24,25)16(14(18)19-15)5-7-20(2)8-6-16/h3-4,9H,5-8,10H2,1-2H3,(H2,18,19). The molecule has 0 radical (unpaired) electrons. The molecule has 0 amide bonds. The zero-order valence-electron chi connectivity index (χ0n) is 14.6. The number of hydrogen-bond donors (Lipinski definition) is 2. The Kier molecular flexibility index (Phi) is 4.31. The minimum Gasteiger partial charge on any atom is -0.362 e. The first-order chi connectivity index (χ1) is 12.0. The molecule has 0 aliphatic carbocycles. The van der Waals surface area contributed by atoms with Crippen LogP contribution in [0.1, 0.15) is 25.3 Å². The summed E-state index contributed by atoms with van der Waals surface area (Å²) in [6.45, 7) is 2.55. The summed E-state index contributed by atoms with van der Waals surface area (Å²) >= 11 is 0. The topological polar surface area (TPSA) is 116 Å². The van der Waals surface area contributed by atoms with Gasteiger partial charge in [-0.2, -0.15) is 0 Å². The monoisotopic (exact) mass is 384 g/mol. The number of non-ortho nitro benzene ring substituents is 1. The largest absolute Gasteiger partial charge is 0.362 e. The van der Waals surface area contributed by atoms with E-state index >= 15 is 0 Å². The summed E-state index contributed by atoms with van der Waals surface area (Å²) in [4.78, 5) is 12.4. The van der Waals surface area contributed by atoms with Crippen LogP contribution in [0.5, 0.6) is 0 Å². The second-order valence-corrected chi connectivity index (χ2v) is 9.61. The summed E-state index contributed by atoms with van der Waals surface area (Å²) in [5.41, 5.74) is -1.89. The maximum absolute atomic E-state index is 14.4. The van der Waals surface area contributed by atoms with Gasteiger partial charge in [0, 0.05) is 17.7 Å². The van der Waals surface area contributed by atoms with Gasteiger partial charge < -0.3 is 10.2 Å². The van der Waals surface area contributed by atoms with E-state index in [1.54, 1.807) is 0 Å². The van der Waals surface area contributed by atoms with E-state index < -0.39 is 36.6 Å². The van der Waals surface area contributed by atoms with Crippen molar-refractivity contribution in [1.82, 2.24) is 10.2 Å². The van der Waals surface area contributed by atoms with Crippen LogP contribution < -0.4 is 5.32 Å². The van der Waals surface area contributed by atoms with Crippen LogP contribution in [0.4, 0.5) is 10.1 Å². The van der Waals surface area contributed by atoms with Crippen molar-refractivity contribution >= 4 is 21.4 Å². The predicted octanol–water partition coefficient (Wildman–Crippen LogP) is 1.41. The number of nitrogens with one attached hydrogen (secondary N) is 2. The van der Waals surface area contributed by atoms with Gasteiger partial charge in [-0.1, -0.05) is 0 Å². The molecule has 0 bridgehead atoms. The summed E-state index contributed by atoms with van der Waals surface area (Å²) in [5, 5.41) is 22.3. The van der Waals surface area contributed by atoms with Crippen LogP contribution in [0.25, 0.3) is 0 Å². The highest BCUT2D eigenvalue weighted by atomic mass is 32.2. The molecule has 2 fully saturated rings. The maximum atomic E-state index is 14.4. The Hall–Kier alpha value is -2.07.